The Labute approximate surface area is 98.8 Å². The number of hydrogen-bond donors (Lipinski definition) is 0. The summed E-state index contributed by atoms with van der Waals surface area (Å²) in [5.41, 5.74) is 0. The minimum atomic E-state index is -0.0542. The first-order chi connectivity index (χ1) is 8.25. The fourth-order valence-corrected chi connectivity index (χ4v) is 2.57. The summed E-state index contributed by atoms with van der Waals surface area (Å²) in [5, 5.41) is 0. The zero-order chi connectivity index (χ0) is 11.8. The third-order valence-corrected chi connectivity index (χ3v) is 3.49. The largest absolute Gasteiger partial charge is 0.336 e. The van der Waals surface area contributed by atoms with Gasteiger partial charge >= 0.3 is 6.03 Å². The molecule has 0 aliphatic carbocycles. The van der Waals surface area contributed by atoms with Crippen molar-refractivity contribution in [3.8, 4) is 0 Å². The Balaban J connectivity index is 1.71. The molecule has 0 spiro atoms. The van der Waals surface area contributed by atoms with Gasteiger partial charge < -0.3 is 9.80 Å². The molecule has 17 heavy (non-hydrogen) atoms. The first kappa shape index (κ1) is 10.3. The SMILES string of the molecule is O=C1CCC2CN(C(=O)n3ccnc3)CCN12. The lowest BCUT2D eigenvalue weighted by Gasteiger charge is -2.37. The van der Waals surface area contributed by atoms with Crippen molar-refractivity contribution in [2.45, 2.75) is 18.9 Å². The minimum Gasteiger partial charge on any atom is -0.336 e. The van der Waals surface area contributed by atoms with Gasteiger partial charge in [-0.05, 0) is 6.42 Å². The number of aromatic nitrogens is 2. The van der Waals surface area contributed by atoms with Crippen molar-refractivity contribution in [3.05, 3.63) is 18.7 Å². The van der Waals surface area contributed by atoms with E-state index in [0.29, 0.717) is 26.1 Å². The molecule has 90 valence electrons. The number of fused-ring (bicyclic) bond motifs is 1. The number of piperazine rings is 1. The van der Waals surface area contributed by atoms with E-state index >= 15 is 0 Å². The summed E-state index contributed by atoms with van der Waals surface area (Å²) < 4.78 is 1.48. The lowest BCUT2D eigenvalue weighted by atomic mass is 10.2. The zero-order valence-corrected chi connectivity index (χ0v) is 9.45. The predicted molar refractivity (Wildman–Crippen MR) is 59.3 cm³/mol. The van der Waals surface area contributed by atoms with Gasteiger partial charge in [0.25, 0.3) is 0 Å². The van der Waals surface area contributed by atoms with Crippen LogP contribution in [0.2, 0.25) is 0 Å². The maximum Gasteiger partial charge on any atom is 0.329 e. The minimum absolute atomic E-state index is 0.0542. The van der Waals surface area contributed by atoms with E-state index in [9.17, 15) is 9.59 Å². The summed E-state index contributed by atoms with van der Waals surface area (Å²) in [6.45, 7) is 1.91. The Morgan fingerprint density at radius 3 is 3.06 bits per heavy atom. The molecule has 1 aromatic rings. The summed E-state index contributed by atoms with van der Waals surface area (Å²) in [7, 11) is 0. The summed E-state index contributed by atoms with van der Waals surface area (Å²) in [4.78, 5) is 31.2. The molecule has 2 fully saturated rings. The smallest absolute Gasteiger partial charge is 0.329 e. The Morgan fingerprint density at radius 1 is 1.41 bits per heavy atom. The molecule has 1 atom stereocenters. The number of carbonyl (C=O) groups is 2. The summed E-state index contributed by atoms with van der Waals surface area (Å²) in [6, 6.07) is 0.158. The van der Waals surface area contributed by atoms with E-state index < -0.39 is 0 Å². The number of imidazole rings is 1. The molecular formula is C11H14N4O2. The summed E-state index contributed by atoms with van der Waals surface area (Å²) >= 11 is 0. The molecule has 6 nitrogen and oxygen atoms in total. The molecular weight excluding hydrogens is 220 g/mol. The van der Waals surface area contributed by atoms with Crippen LogP contribution >= 0.6 is 0 Å². The molecule has 1 aromatic heterocycles. The normalized spacial score (nSPS) is 24.0. The van der Waals surface area contributed by atoms with Crippen molar-refractivity contribution < 1.29 is 9.59 Å². The molecule has 2 saturated heterocycles. The molecule has 1 unspecified atom stereocenters. The molecule has 3 heterocycles. The van der Waals surface area contributed by atoms with Gasteiger partial charge in [-0.15, -0.1) is 0 Å². The third-order valence-electron chi connectivity index (χ3n) is 3.49. The van der Waals surface area contributed by atoms with Crippen molar-refractivity contribution in [1.29, 1.82) is 0 Å². The monoisotopic (exact) mass is 234 g/mol. The van der Waals surface area contributed by atoms with Crippen molar-refractivity contribution in [3.63, 3.8) is 0 Å². The van der Waals surface area contributed by atoms with Crippen LogP contribution in [0.3, 0.4) is 0 Å². The molecule has 0 radical (unpaired) electrons. The highest BCUT2D eigenvalue weighted by atomic mass is 16.2. The quantitative estimate of drug-likeness (QED) is 0.642. The lowest BCUT2D eigenvalue weighted by Crippen LogP contribution is -2.53. The first-order valence-electron chi connectivity index (χ1n) is 5.82. The van der Waals surface area contributed by atoms with Gasteiger partial charge in [0.15, 0.2) is 0 Å². The standard InChI is InChI=1S/C11H14N4O2/c16-10-2-1-9-7-13(5-6-15(9)10)11(17)14-4-3-12-8-14/h3-4,8-9H,1-2,5-7H2. The molecule has 2 aliphatic heterocycles. The maximum absolute atomic E-state index is 12.1. The van der Waals surface area contributed by atoms with Gasteiger partial charge in [-0.1, -0.05) is 0 Å². The van der Waals surface area contributed by atoms with Crippen LogP contribution in [-0.2, 0) is 4.79 Å². The van der Waals surface area contributed by atoms with Crippen molar-refractivity contribution in [1.82, 2.24) is 19.4 Å². The molecule has 0 bridgehead atoms. The topological polar surface area (TPSA) is 58.4 Å². The van der Waals surface area contributed by atoms with Crippen LogP contribution in [0, 0.1) is 0 Å². The van der Waals surface area contributed by atoms with Crippen molar-refractivity contribution in [2.75, 3.05) is 19.6 Å². The molecule has 6 heteroatoms. The van der Waals surface area contributed by atoms with Crippen molar-refractivity contribution >= 4 is 11.9 Å². The van der Waals surface area contributed by atoms with Crippen LogP contribution < -0.4 is 0 Å². The fourth-order valence-electron chi connectivity index (χ4n) is 2.57. The van der Waals surface area contributed by atoms with Crippen LogP contribution in [0.25, 0.3) is 0 Å². The zero-order valence-electron chi connectivity index (χ0n) is 9.45. The van der Waals surface area contributed by atoms with Gasteiger partial charge in [-0.3, -0.25) is 9.36 Å². The Hall–Kier alpha value is -1.85. The second-order valence-electron chi connectivity index (χ2n) is 4.48. The molecule has 3 rings (SSSR count). The van der Waals surface area contributed by atoms with Crippen molar-refractivity contribution in [2.24, 2.45) is 0 Å². The highest BCUT2D eigenvalue weighted by Crippen LogP contribution is 2.23. The number of amides is 2. The molecule has 0 N–H and O–H groups in total. The predicted octanol–water partition coefficient (Wildman–Crippen LogP) is 0.158. The van der Waals surface area contributed by atoms with E-state index in [0.717, 1.165) is 6.42 Å². The average Bonchev–Trinajstić information content (AvgIpc) is 2.98. The van der Waals surface area contributed by atoms with Gasteiger partial charge in [-0.25, -0.2) is 9.78 Å². The molecule has 0 aromatic carbocycles. The van der Waals surface area contributed by atoms with E-state index in [4.69, 9.17) is 0 Å². The molecule has 0 saturated carbocycles. The van der Waals surface area contributed by atoms with Crippen LogP contribution in [0.15, 0.2) is 18.7 Å². The Bertz CT molecular complexity index is 442. The number of nitrogens with zero attached hydrogens (tertiary/aromatic N) is 4. The van der Waals surface area contributed by atoms with E-state index in [-0.39, 0.29) is 18.0 Å². The van der Waals surface area contributed by atoms with Crippen LogP contribution in [0.1, 0.15) is 12.8 Å². The fraction of sp³-hybridized carbons (Fsp3) is 0.545. The van der Waals surface area contributed by atoms with Gasteiger partial charge in [0, 0.05) is 44.5 Å². The first-order valence-corrected chi connectivity index (χ1v) is 5.82. The van der Waals surface area contributed by atoms with Gasteiger partial charge in [-0.2, -0.15) is 0 Å². The highest BCUT2D eigenvalue weighted by Gasteiger charge is 2.37. The molecule has 2 amide bonds. The van der Waals surface area contributed by atoms with E-state index in [1.807, 2.05) is 4.90 Å². The third kappa shape index (κ3) is 1.69. The van der Waals surface area contributed by atoms with Gasteiger partial charge in [0.2, 0.25) is 5.91 Å². The Morgan fingerprint density at radius 2 is 2.29 bits per heavy atom. The average molecular weight is 234 g/mol. The van der Waals surface area contributed by atoms with Gasteiger partial charge in [0.05, 0.1) is 0 Å². The lowest BCUT2D eigenvalue weighted by molar-refractivity contribution is -0.130. The Kier molecular flexibility index (Phi) is 2.35. The van der Waals surface area contributed by atoms with E-state index in [1.165, 1.54) is 10.9 Å². The van der Waals surface area contributed by atoms with Gasteiger partial charge in [0.1, 0.15) is 6.33 Å². The van der Waals surface area contributed by atoms with E-state index in [1.54, 1.807) is 17.3 Å². The second-order valence-corrected chi connectivity index (χ2v) is 4.48. The van der Waals surface area contributed by atoms with Crippen LogP contribution in [0.4, 0.5) is 4.79 Å². The number of hydrogen-bond acceptors (Lipinski definition) is 3. The maximum atomic E-state index is 12.1. The molecule has 2 aliphatic rings. The summed E-state index contributed by atoms with van der Waals surface area (Å²) in [5.74, 6) is 0.227. The van der Waals surface area contributed by atoms with Crippen LogP contribution in [-0.4, -0.2) is 57.0 Å². The number of rotatable bonds is 0. The van der Waals surface area contributed by atoms with Crippen LogP contribution in [0.5, 0.6) is 0 Å². The van der Waals surface area contributed by atoms with E-state index in [2.05, 4.69) is 4.98 Å². The highest BCUT2D eigenvalue weighted by molar-refractivity contribution is 5.80. The second kappa shape index (κ2) is 3.87. The summed E-state index contributed by atoms with van der Waals surface area (Å²) in [6.07, 6.45) is 6.24. The number of carbonyl (C=O) groups excluding carboxylic acids is 2.